The van der Waals surface area contributed by atoms with Gasteiger partial charge in [0.25, 0.3) is 0 Å². The molecule has 88 valence electrons. The van der Waals surface area contributed by atoms with Crippen LogP contribution in [0.1, 0.15) is 19.3 Å². The molecule has 2 heterocycles. The summed E-state index contributed by atoms with van der Waals surface area (Å²) in [5.74, 6) is 0. The van der Waals surface area contributed by atoms with Gasteiger partial charge in [-0.3, -0.25) is 4.90 Å². The minimum atomic E-state index is -1.09. The van der Waals surface area contributed by atoms with Crippen LogP contribution >= 0.6 is 0 Å². The van der Waals surface area contributed by atoms with E-state index in [4.69, 9.17) is 4.74 Å². The Bertz CT molecular complexity index is 206. The molecule has 0 aromatic carbocycles. The average Bonchev–Trinajstić information content (AvgIpc) is 2.27. The van der Waals surface area contributed by atoms with Gasteiger partial charge in [0.1, 0.15) is 24.5 Å². The molecule has 0 saturated carbocycles. The topological polar surface area (TPSA) is 73.2 Å². The minimum absolute atomic E-state index is 0.0966. The van der Waals surface area contributed by atoms with E-state index in [0.29, 0.717) is 0 Å². The third kappa shape index (κ3) is 2.32. The van der Waals surface area contributed by atoms with Crippen molar-refractivity contribution in [2.75, 3.05) is 19.7 Å². The van der Waals surface area contributed by atoms with Crippen LogP contribution in [0.25, 0.3) is 0 Å². The van der Waals surface area contributed by atoms with Gasteiger partial charge in [-0.15, -0.1) is 0 Å². The fourth-order valence-electron chi connectivity index (χ4n) is 2.28. The van der Waals surface area contributed by atoms with Crippen molar-refractivity contribution < 1.29 is 20.1 Å². The normalized spacial score (nSPS) is 44.2. The van der Waals surface area contributed by atoms with Crippen molar-refractivity contribution in [2.24, 2.45) is 0 Å². The Morgan fingerprint density at radius 3 is 2.27 bits per heavy atom. The van der Waals surface area contributed by atoms with E-state index in [9.17, 15) is 15.3 Å². The van der Waals surface area contributed by atoms with Crippen molar-refractivity contribution in [2.45, 2.75) is 43.8 Å². The molecule has 15 heavy (non-hydrogen) atoms. The van der Waals surface area contributed by atoms with Crippen molar-refractivity contribution >= 4 is 0 Å². The molecule has 0 unspecified atom stereocenters. The molecule has 5 nitrogen and oxygen atoms in total. The van der Waals surface area contributed by atoms with Gasteiger partial charge in [-0.1, -0.05) is 6.42 Å². The maximum absolute atomic E-state index is 9.78. The van der Waals surface area contributed by atoms with Crippen molar-refractivity contribution in [3.8, 4) is 0 Å². The lowest BCUT2D eigenvalue weighted by molar-refractivity contribution is -0.230. The summed E-state index contributed by atoms with van der Waals surface area (Å²) in [6.07, 6.45) is -0.108. The largest absolute Gasteiger partial charge is 0.388 e. The van der Waals surface area contributed by atoms with Gasteiger partial charge in [0.2, 0.25) is 0 Å². The predicted octanol–water partition coefficient (Wildman–Crippen LogP) is -1.09. The number of aliphatic hydroxyl groups excluding tert-OH is 3. The Morgan fingerprint density at radius 1 is 0.933 bits per heavy atom. The van der Waals surface area contributed by atoms with E-state index >= 15 is 0 Å². The van der Waals surface area contributed by atoms with Gasteiger partial charge in [-0.05, 0) is 12.8 Å². The Labute approximate surface area is 89.3 Å². The van der Waals surface area contributed by atoms with Gasteiger partial charge < -0.3 is 20.1 Å². The number of ether oxygens (including phenoxy) is 1. The van der Waals surface area contributed by atoms with E-state index in [1.165, 1.54) is 6.42 Å². The fraction of sp³-hybridized carbons (Fsp3) is 1.00. The molecule has 3 N–H and O–H groups in total. The van der Waals surface area contributed by atoms with Crippen molar-refractivity contribution in [1.82, 2.24) is 4.90 Å². The third-order valence-electron chi connectivity index (χ3n) is 3.22. The summed E-state index contributed by atoms with van der Waals surface area (Å²) in [7, 11) is 0. The second kappa shape index (κ2) is 4.76. The number of nitrogens with zero attached hydrogens (tertiary/aromatic N) is 1. The number of rotatable bonds is 1. The molecule has 0 aromatic heterocycles. The first-order valence-corrected chi connectivity index (χ1v) is 5.60. The van der Waals surface area contributed by atoms with E-state index < -0.39 is 24.5 Å². The van der Waals surface area contributed by atoms with Crippen LogP contribution in [0.15, 0.2) is 0 Å². The van der Waals surface area contributed by atoms with Gasteiger partial charge >= 0.3 is 0 Å². The molecule has 5 heteroatoms. The van der Waals surface area contributed by atoms with Crippen molar-refractivity contribution in [1.29, 1.82) is 0 Å². The Hall–Kier alpha value is -0.200. The summed E-state index contributed by atoms with van der Waals surface area (Å²) in [5, 5.41) is 28.6. The van der Waals surface area contributed by atoms with Crippen LogP contribution < -0.4 is 0 Å². The third-order valence-corrected chi connectivity index (χ3v) is 3.22. The van der Waals surface area contributed by atoms with Crippen LogP contribution in [0.2, 0.25) is 0 Å². The molecule has 0 aliphatic carbocycles. The molecule has 0 spiro atoms. The maximum atomic E-state index is 9.78. The highest BCUT2D eigenvalue weighted by atomic mass is 16.5. The van der Waals surface area contributed by atoms with Crippen LogP contribution in [0.4, 0.5) is 0 Å². The maximum Gasteiger partial charge on any atom is 0.139 e. The Kier molecular flexibility index (Phi) is 3.58. The SMILES string of the molecule is O[C@@H]1[C@@H](O)[C@H](N2CCCCC2)OC[C@H]1O. The molecule has 0 aromatic rings. The molecule has 4 atom stereocenters. The zero-order chi connectivity index (χ0) is 10.8. The average molecular weight is 217 g/mol. The molecule has 2 fully saturated rings. The Morgan fingerprint density at radius 2 is 1.60 bits per heavy atom. The lowest BCUT2D eigenvalue weighted by Crippen LogP contribution is -2.59. The van der Waals surface area contributed by atoms with Crippen LogP contribution in [-0.2, 0) is 4.74 Å². The summed E-state index contributed by atoms with van der Waals surface area (Å²) < 4.78 is 5.38. The lowest BCUT2D eigenvalue weighted by Gasteiger charge is -2.42. The van der Waals surface area contributed by atoms with E-state index in [1.54, 1.807) is 0 Å². The van der Waals surface area contributed by atoms with Gasteiger partial charge in [0.15, 0.2) is 0 Å². The molecular weight excluding hydrogens is 198 g/mol. The molecule has 0 bridgehead atoms. The zero-order valence-corrected chi connectivity index (χ0v) is 8.75. The highest BCUT2D eigenvalue weighted by Gasteiger charge is 2.40. The summed E-state index contributed by atoms with van der Waals surface area (Å²) in [6.45, 7) is 1.88. The van der Waals surface area contributed by atoms with Crippen LogP contribution in [0.3, 0.4) is 0 Å². The summed E-state index contributed by atoms with van der Waals surface area (Å²) in [5.41, 5.74) is 0. The van der Waals surface area contributed by atoms with Crippen molar-refractivity contribution in [3.63, 3.8) is 0 Å². The second-order valence-corrected chi connectivity index (χ2v) is 4.37. The number of hydrogen-bond acceptors (Lipinski definition) is 5. The standard InChI is InChI=1S/C10H19NO4/c12-7-6-15-10(9(14)8(7)13)11-4-2-1-3-5-11/h7-10,12-14H,1-6H2/t7-,8+,9-,10-/m1/s1. The number of likely N-dealkylation sites (tertiary alicyclic amines) is 1. The van der Waals surface area contributed by atoms with Crippen LogP contribution in [0, 0.1) is 0 Å². The molecular formula is C10H19NO4. The molecule has 0 amide bonds. The highest BCUT2D eigenvalue weighted by molar-refractivity contribution is 4.87. The molecule has 2 aliphatic rings. The Balaban J connectivity index is 1.96. The predicted molar refractivity (Wildman–Crippen MR) is 53.2 cm³/mol. The zero-order valence-electron chi connectivity index (χ0n) is 8.75. The van der Waals surface area contributed by atoms with Gasteiger partial charge in [0.05, 0.1) is 6.61 Å². The first kappa shape index (κ1) is 11.3. The van der Waals surface area contributed by atoms with E-state index in [-0.39, 0.29) is 6.61 Å². The lowest BCUT2D eigenvalue weighted by atomic mass is 10.0. The number of aliphatic hydroxyl groups is 3. The first-order valence-electron chi connectivity index (χ1n) is 5.60. The molecule has 2 aliphatic heterocycles. The van der Waals surface area contributed by atoms with Gasteiger partial charge in [0, 0.05) is 13.1 Å². The highest BCUT2D eigenvalue weighted by Crippen LogP contribution is 2.21. The van der Waals surface area contributed by atoms with Crippen LogP contribution in [0.5, 0.6) is 0 Å². The smallest absolute Gasteiger partial charge is 0.139 e. The summed E-state index contributed by atoms with van der Waals surface area (Å²) >= 11 is 0. The molecule has 0 radical (unpaired) electrons. The fourth-order valence-corrected chi connectivity index (χ4v) is 2.28. The quantitative estimate of drug-likeness (QED) is 0.520. The number of hydrogen-bond donors (Lipinski definition) is 3. The minimum Gasteiger partial charge on any atom is -0.388 e. The monoisotopic (exact) mass is 217 g/mol. The van der Waals surface area contributed by atoms with E-state index in [0.717, 1.165) is 25.9 Å². The van der Waals surface area contributed by atoms with E-state index in [1.807, 2.05) is 4.90 Å². The molecule has 2 rings (SSSR count). The van der Waals surface area contributed by atoms with Gasteiger partial charge in [-0.25, -0.2) is 0 Å². The number of piperidine rings is 1. The summed E-state index contributed by atoms with van der Waals surface area (Å²) in [4.78, 5) is 2.04. The van der Waals surface area contributed by atoms with Gasteiger partial charge in [-0.2, -0.15) is 0 Å². The first-order chi connectivity index (χ1) is 7.20. The van der Waals surface area contributed by atoms with Crippen molar-refractivity contribution in [3.05, 3.63) is 0 Å². The summed E-state index contributed by atoms with van der Waals surface area (Å²) in [6, 6.07) is 0. The van der Waals surface area contributed by atoms with E-state index in [2.05, 4.69) is 0 Å². The molecule has 2 saturated heterocycles. The van der Waals surface area contributed by atoms with Crippen LogP contribution in [-0.4, -0.2) is 64.5 Å². The second-order valence-electron chi connectivity index (χ2n) is 4.37.